The Hall–Kier alpha value is -2.56. The second-order valence-electron chi connectivity index (χ2n) is 5.48. The van der Waals surface area contributed by atoms with Crippen LogP contribution in [0.4, 0.5) is 10.5 Å². The van der Waals surface area contributed by atoms with Crippen LogP contribution >= 0.6 is 0 Å². The molecule has 0 saturated carbocycles. The quantitative estimate of drug-likeness (QED) is 0.654. The Labute approximate surface area is 131 Å². The third kappa shape index (κ3) is 3.75. The van der Waals surface area contributed by atoms with Gasteiger partial charge < -0.3 is 9.88 Å². The van der Waals surface area contributed by atoms with Crippen LogP contribution in [-0.2, 0) is 0 Å². The van der Waals surface area contributed by atoms with Crippen LogP contribution in [0.3, 0.4) is 0 Å². The number of urea groups is 1. The highest BCUT2D eigenvalue weighted by molar-refractivity contribution is 5.90. The molecule has 5 heteroatoms. The molecule has 0 saturated heterocycles. The summed E-state index contributed by atoms with van der Waals surface area (Å²) in [5.41, 5.74) is 6.53. The fourth-order valence-corrected chi connectivity index (χ4v) is 2.57. The monoisotopic (exact) mass is 298 g/mol. The van der Waals surface area contributed by atoms with Crippen LogP contribution in [0.25, 0.3) is 0 Å². The van der Waals surface area contributed by atoms with Crippen LogP contribution in [0.1, 0.15) is 36.8 Å². The number of aryl methyl sites for hydroxylation is 1. The minimum atomic E-state index is -0.361. The van der Waals surface area contributed by atoms with Crippen LogP contribution in [0.2, 0.25) is 0 Å². The maximum Gasteiger partial charge on any atom is 0.339 e. The number of aromatic nitrogens is 1. The number of nitrogens with zero attached hydrogens (tertiary/aromatic N) is 2. The van der Waals surface area contributed by atoms with Gasteiger partial charge in [-0.25, -0.2) is 10.2 Å². The van der Waals surface area contributed by atoms with Crippen LogP contribution < -0.4 is 10.7 Å². The number of para-hydroxylation sites is 1. The molecule has 2 amide bonds. The Kier molecular flexibility index (Phi) is 4.99. The van der Waals surface area contributed by atoms with E-state index in [1.54, 1.807) is 6.21 Å². The number of carbonyl (C=O) groups excluding carboxylic acids is 1. The van der Waals surface area contributed by atoms with E-state index in [4.69, 9.17) is 0 Å². The number of hydrogen-bond acceptors (Lipinski definition) is 2. The van der Waals surface area contributed by atoms with Gasteiger partial charge in [-0.3, -0.25) is 0 Å². The van der Waals surface area contributed by atoms with Gasteiger partial charge in [0.15, 0.2) is 0 Å². The fraction of sp³-hybridized carbons (Fsp3) is 0.294. The third-order valence-electron chi connectivity index (χ3n) is 3.44. The first kappa shape index (κ1) is 15.8. The second-order valence-corrected chi connectivity index (χ2v) is 5.48. The van der Waals surface area contributed by atoms with Crippen LogP contribution in [0.5, 0.6) is 0 Å². The minimum Gasteiger partial charge on any atom is -0.346 e. The number of anilines is 1. The van der Waals surface area contributed by atoms with Crippen molar-refractivity contribution in [2.24, 2.45) is 5.10 Å². The summed E-state index contributed by atoms with van der Waals surface area (Å²) in [7, 11) is 0. The molecule has 0 radical (unpaired) electrons. The first-order valence-corrected chi connectivity index (χ1v) is 7.32. The maximum absolute atomic E-state index is 11.7. The zero-order chi connectivity index (χ0) is 16.1. The molecule has 2 aromatic rings. The van der Waals surface area contributed by atoms with Crippen molar-refractivity contribution in [1.29, 1.82) is 0 Å². The fourth-order valence-electron chi connectivity index (χ4n) is 2.57. The summed E-state index contributed by atoms with van der Waals surface area (Å²) in [6.45, 7) is 8.41. The Morgan fingerprint density at radius 1 is 1.23 bits per heavy atom. The molecule has 1 aromatic heterocycles. The van der Waals surface area contributed by atoms with Crippen molar-refractivity contribution >= 4 is 17.9 Å². The molecule has 2 N–H and O–H groups in total. The summed E-state index contributed by atoms with van der Waals surface area (Å²) >= 11 is 0. The van der Waals surface area contributed by atoms with Gasteiger partial charge in [0.05, 0.1) is 6.21 Å². The molecule has 22 heavy (non-hydrogen) atoms. The number of hydrazone groups is 1. The zero-order valence-electron chi connectivity index (χ0n) is 13.4. The molecule has 1 heterocycles. The molecular formula is C17H22N4O. The first-order valence-electron chi connectivity index (χ1n) is 7.32. The lowest BCUT2D eigenvalue weighted by molar-refractivity contribution is 0.252. The molecule has 116 valence electrons. The zero-order valence-corrected chi connectivity index (χ0v) is 13.4. The van der Waals surface area contributed by atoms with E-state index in [2.05, 4.69) is 54.2 Å². The van der Waals surface area contributed by atoms with E-state index in [-0.39, 0.29) is 6.03 Å². The smallest absolute Gasteiger partial charge is 0.339 e. The summed E-state index contributed by atoms with van der Waals surface area (Å²) in [4.78, 5) is 11.7. The minimum absolute atomic E-state index is 0.361. The maximum atomic E-state index is 11.7. The van der Waals surface area contributed by atoms with E-state index in [0.717, 1.165) is 16.9 Å². The molecule has 0 fully saturated rings. The van der Waals surface area contributed by atoms with Gasteiger partial charge in [-0.1, -0.05) is 18.2 Å². The lowest BCUT2D eigenvalue weighted by Crippen LogP contribution is -2.24. The van der Waals surface area contributed by atoms with Crippen LogP contribution in [0, 0.1) is 13.8 Å². The molecule has 0 bridgehead atoms. The largest absolute Gasteiger partial charge is 0.346 e. The van der Waals surface area contributed by atoms with Crippen molar-refractivity contribution in [3.05, 3.63) is 53.3 Å². The number of nitrogens with one attached hydrogen (secondary N) is 2. The number of benzene rings is 1. The number of amides is 2. The molecule has 5 nitrogen and oxygen atoms in total. The highest BCUT2D eigenvalue weighted by Crippen LogP contribution is 2.18. The van der Waals surface area contributed by atoms with E-state index >= 15 is 0 Å². The predicted octanol–water partition coefficient (Wildman–Crippen LogP) is 3.84. The van der Waals surface area contributed by atoms with E-state index in [9.17, 15) is 4.79 Å². The van der Waals surface area contributed by atoms with Crippen molar-refractivity contribution in [3.8, 4) is 0 Å². The van der Waals surface area contributed by atoms with Gasteiger partial charge in [0.2, 0.25) is 0 Å². The highest BCUT2D eigenvalue weighted by atomic mass is 16.2. The van der Waals surface area contributed by atoms with Crippen molar-refractivity contribution in [3.63, 3.8) is 0 Å². The lowest BCUT2D eigenvalue weighted by atomic mass is 10.2. The topological polar surface area (TPSA) is 58.4 Å². The summed E-state index contributed by atoms with van der Waals surface area (Å²) < 4.78 is 2.24. The van der Waals surface area contributed by atoms with Gasteiger partial charge in [0.25, 0.3) is 0 Å². The van der Waals surface area contributed by atoms with Crippen molar-refractivity contribution in [1.82, 2.24) is 9.99 Å². The average molecular weight is 298 g/mol. The van der Waals surface area contributed by atoms with Crippen molar-refractivity contribution < 1.29 is 4.79 Å². The average Bonchev–Trinajstić information content (AvgIpc) is 2.74. The number of carbonyl (C=O) groups is 1. The molecule has 1 aromatic carbocycles. The Morgan fingerprint density at radius 2 is 1.91 bits per heavy atom. The standard InChI is InChI=1S/C17H22N4O/c1-12(2)21-13(3)10-15(14(21)4)11-18-20-17(22)19-16-8-6-5-7-9-16/h5-12H,1-4H3,(H2,19,20,22)/b18-11-. The van der Waals surface area contributed by atoms with E-state index in [1.807, 2.05) is 30.3 Å². The molecule has 0 atom stereocenters. The highest BCUT2D eigenvalue weighted by Gasteiger charge is 2.09. The van der Waals surface area contributed by atoms with Crippen molar-refractivity contribution in [2.75, 3.05) is 5.32 Å². The van der Waals surface area contributed by atoms with E-state index in [1.165, 1.54) is 5.69 Å². The summed E-state index contributed by atoms with van der Waals surface area (Å²) in [5, 5.41) is 6.72. The number of hydrogen-bond donors (Lipinski definition) is 2. The molecule has 0 aliphatic heterocycles. The summed E-state index contributed by atoms with van der Waals surface area (Å²) in [5.74, 6) is 0. The molecular weight excluding hydrogens is 276 g/mol. The number of rotatable bonds is 4. The summed E-state index contributed by atoms with van der Waals surface area (Å²) in [6.07, 6.45) is 1.67. The van der Waals surface area contributed by atoms with Crippen LogP contribution in [-0.4, -0.2) is 16.8 Å². The van der Waals surface area contributed by atoms with Gasteiger partial charge in [-0.15, -0.1) is 0 Å². The SMILES string of the molecule is Cc1cc(/C=N\NC(=O)Nc2ccccc2)c(C)n1C(C)C. The Balaban J connectivity index is 1.98. The van der Waals surface area contributed by atoms with Crippen LogP contribution in [0.15, 0.2) is 41.5 Å². The second kappa shape index (κ2) is 6.93. The third-order valence-corrected chi connectivity index (χ3v) is 3.44. The molecule has 0 aliphatic carbocycles. The lowest BCUT2D eigenvalue weighted by Gasteiger charge is -2.13. The predicted molar refractivity (Wildman–Crippen MR) is 90.5 cm³/mol. The molecule has 0 aliphatic rings. The van der Waals surface area contributed by atoms with Gasteiger partial charge in [-0.05, 0) is 45.9 Å². The van der Waals surface area contributed by atoms with Gasteiger partial charge in [0.1, 0.15) is 0 Å². The van der Waals surface area contributed by atoms with Gasteiger partial charge >= 0.3 is 6.03 Å². The van der Waals surface area contributed by atoms with Gasteiger partial charge in [-0.2, -0.15) is 5.10 Å². The molecule has 0 unspecified atom stereocenters. The Bertz CT molecular complexity index is 671. The van der Waals surface area contributed by atoms with Crippen molar-refractivity contribution in [2.45, 2.75) is 33.7 Å². The van der Waals surface area contributed by atoms with E-state index < -0.39 is 0 Å². The summed E-state index contributed by atoms with van der Waals surface area (Å²) in [6, 6.07) is 11.4. The Morgan fingerprint density at radius 3 is 2.50 bits per heavy atom. The first-order chi connectivity index (χ1) is 10.5. The van der Waals surface area contributed by atoms with E-state index in [0.29, 0.717) is 6.04 Å². The van der Waals surface area contributed by atoms with Gasteiger partial charge in [0, 0.05) is 28.7 Å². The normalized spacial score (nSPS) is 11.1. The molecule has 2 rings (SSSR count). The molecule has 0 spiro atoms.